The summed E-state index contributed by atoms with van der Waals surface area (Å²) in [6.45, 7) is 0. The molecule has 2 heterocycles. The topological polar surface area (TPSA) is 92.7 Å². The second-order valence-electron chi connectivity index (χ2n) is 5.72. The van der Waals surface area contributed by atoms with Crippen molar-refractivity contribution in [3.63, 3.8) is 0 Å². The van der Waals surface area contributed by atoms with Crippen molar-refractivity contribution in [2.24, 2.45) is 0 Å². The van der Waals surface area contributed by atoms with Gasteiger partial charge in [0, 0.05) is 27.3 Å². The van der Waals surface area contributed by atoms with Gasteiger partial charge in [-0.2, -0.15) is 5.26 Å². The standard InChI is InChI=1S/C17H12N4O2S2/c18-8-10-7-11(21(22)23)5-6-13(10)24-16-15-12-3-1-2-4-14(12)25-17(15)20-9-19-16/h5-7,9H,1-4H2. The number of hydrogen-bond donors (Lipinski definition) is 0. The Hall–Kier alpha value is -2.50. The quantitative estimate of drug-likeness (QED) is 0.384. The highest BCUT2D eigenvalue weighted by molar-refractivity contribution is 7.99. The third-order valence-corrected chi connectivity index (χ3v) is 6.50. The van der Waals surface area contributed by atoms with E-state index >= 15 is 0 Å². The molecule has 0 fully saturated rings. The number of nitrogens with zero attached hydrogens (tertiary/aromatic N) is 4. The zero-order valence-electron chi connectivity index (χ0n) is 13.1. The highest BCUT2D eigenvalue weighted by Gasteiger charge is 2.21. The van der Waals surface area contributed by atoms with Gasteiger partial charge in [0.15, 0.2) is 0 Å². The molecule has 0 N–H and O–H groups in total. The lowest BCUT2D eigenvalue weighted by Crippen LogP contribution is -1.99. The van der Waals surface area contributed by atoms with E-state index in [0.717, 1.165) is 28.1 Å². The first-order valence-electron chi connectivity index (χ1n) is 7.79. The Morgan fingerprint density at radius 2 is 2.12 bits per heavy atom. The summed E-state index contributed by atoms with van der Waals surface area (Å²) in [6.07, 6.45) is 6.03. The summed E-state index contributed by atoms with van der Waals surface area (Å²) in [5.41, 5.74) is 1.53. The van der Waals surface area contributed by atoms with Crippen molar-refractivity contribution in [2.45, 2.75) is 35.6 Å². The van der Waals surface area contributed by atoms with E-state index in [4.69, 9.17) is 0 Å². The molecular weight excluding hydrogens is 356 g/mol. The Balaban J connectivity index is 1.80. The zero-order valence-corrected chi connectivity index (χ0v) is 14.7. The van der Waals surface area contributed by atoms with Gasteiger partial charge in [-0.25, -0.2) is 9.97 Å². The van der Waals surface area contributed by atoms with Crippen LogP contribution >= 0.6 is 23.1 Å². The third kappa shape index (κ3) is 2.86. The van der Waals surface area contributed by atoms with Crippen LogP contribution in [0, 0.1) is 21.4 Å². The van der Waals surface area contributed by atoms with Gasteiger partial charge in [-0.3, -0.25) is 10.1 Å². The molecule has 2 aromatic heterocycles. The lowest BCUT2D eigenvalue weighted by molar-refractivity contribution is -0.384. The van der Waals surface area contributed by atoms with Crippen LogP contribution in [0.25, 0.3) is 10.2 Å². The summed E-state index contributed by atoms with van der Waals surface area (Å²) < 4.78 is 0. The van der Waals surface area contributed by atoms with E-state index in [1.807, 2.05) is 6.07 Å². The number of aryl methyl sites for hydroxylation is 2. The van der Waals surface area contributed by atoms with E-state index in [2.05, 4.69) is 9.97 Å². The van der Waals surface area contributed by atoms with Crippen LogP contribution in [0.15, 0.2) is 34.4 Å². The lowest BCUT2D eigenvalue weighted by Gasteiger charge is -2.11. The Kier molecular flexibility index (Phi) is 4.11. The van der Waals surface area contributed by atoms with Gasteiger partial charge in [-0.1, -0.05) is 11.8 Å². The van der Waals surface area contributed by atoms with Crippen molar-refractivity contribution < 1.29 is 4.92 Å². The Bertz CT molecular complexity index is 1040. The number of nitro groups is 1. The largest absolute Gasteiger partial charge is 0.270 e. The first-order valence-corrected chi connectivity index (χ1v) is 9.42. The Labute approximate surface area is 151 Å². The maximum absolute atomic E-state index is 10.9. The van der Waals surface area contributed by atoms with E-state index in [-0.39, 0.29) is 11.3 Å². The molecule has 0 saturated heterocycles. The predicted octanol–water partition coefficient (Wildman–Crippen LogP) is 4.50. The molecule has 0 unspecified atom stereocenters. The zero-order chi connectivity index (χ0) is 17.4. The average Bonchev–Trinajstić information content (AvgIpc) is 3.01. The van der Waals surface area contributed by atoms with E-state index in [1.54, 1.807) is 23.7 Å². The average molecular weight is 368 g/mol. The monoisotopic (exact) mass is 368 g/mol. The fourth-order valence-electron chi connectivity index (χ4n) is 3.05. The van der Waals surface area contributed by atoms with Crippen molar-refractivity contribution in [1.82, 2.24) is 9.97 Å². The summed E-state index contributed by atoms with van der Waals surface area (Å²) in [5.74, 6) is 0. The summed E-state index contributed by atoms with van der Waals surface area (Å²) in [6, 6.07) is 6.40. The molecule has 3 aromatic rings. The van der Waals surface area contributed by atoms with Crippen molar-refractivity contribution in [1.29, 1.82) is 5.26 Å². The molecule has 4 rings (SSSR count). The van der Waals surface area contributed by atoms with Crippen LogP contribution in [0.4, 0.5) is 5.69 Å². The SMILES string of the molecule is N#Cc1cc([N+](=O)[O-])ccc1Sc1ncnc2sc3c(c12)CCCC3. The second kappa shape index (κ2) is 6.43. The molecule has 0 amide bonds. The molecule has 124 valence electrons. The predicted molar refractivity (Wildman–Crippen MR) is 96.0 cm³/mol. The molecule has 1 aliphatic carbocycles. The summed E-state index contributed by atoms with van der Waals surface area (Å²) in [4.78, 5) is 22.3. The minimum atomic E-state index is -0.493. The summed E-state index contributed by atoms with van der Waals surface area (Å²) >= 11 is 3.10. The maximum Gasteiger partial charge on any atom is 0.270 e. The van der Waals surface area contributed by atoms with E-state index in [9.17, 15) is 15.4 Å². The number of fused-ring (bicyclic) bond motifs is 3. The van der Waals surface area contributed by atoms with Crippen molar-refractivity contribution >= 4 is 39.0 Å². The number of rotatable bonds is 3. The molecule has 0 spiro atoms. The normalized spacial score (nSPS) is 13.4. The van der Waals surface area contributed by atoms with Crippen LogP contribution < -0.4 is 0 Å². The summed E-state index contributed by atoms with van der Waals surface area (Å²) in [5, 5.41) is 22.2. The highest BCUT2D eigenvalue weighted by atomic mass is 32.2. The van der Waals surface area contributed by atoms with Crippen LogP contribution in [0.2, 0.25) is 0 Å². The van der Waals surface area contributed by atoms with Gasteiger partial charge < -0.3 is 0 Å². The van der Waals surface area contributed by atoms with Crippen molar-refractivity contribution in [3.05, 3.63) is 50.6 Å². The molecule has 8 heteroatoms. The number of nitro benzene ring substituents is 1. The highest BCUT2D eigenvalue weighted by Crippen LogP contribution is 2.41. The van der Waals surface area contributed by atoms with Gasteiger partial charge >= 0.3 is 0 Å². The molecule has 25 heavy (non-hydrogen) atoms. The van der Waals surface area contributed by atoms with Gasteiger partial charge in [-0.15, -0.1) is 11.3 Å². The number of aromatic nitrogens is 2. The van der Waals surface area contributed by atoms with Crippen LogP contribution in [-0.4, -0.2) is 14.9 Å². The molecule has 0 aliphatic heterocycles. The van der Waals surface area contributed by atoms with E-state index < -0.39 is 4.92 Å². The minimum Gasteiger partial charge on any atom is -0.258 e. The Morgan fingerprint density at radius 1 is 1.28 bits per heavy atom. The fraction of sp³-hybridized carbons (Fsp3) is 0.235. The number of non-ortho nitro benzene ring substituents is 1. The number of nitriles is 1. The van der Waals surface area contributed by atoms with Gasteiger partial charge in [0.1, 0.15) is 22.3 Å². The minimum absolute atomic E-state index is 0.0818. The van der Waals surface area contributed by atoms with Gasteiger partial charge in [0.05, 0.1) is 10.5 Å². The fourth-order valence-corrected chi connectivity index (χ4v) is 5.32. The van der Waals surface area contributed by atoms with Crippen molar-refractivity contribution in [3.8, 4) is 6.07 Å². The first-order chi connectivity index (χ1) is 12.2. The van der Waals surface area contributed by atoms with Crippen LogP contribution in [0.5, 0.6) is 0 Å². The maximum atomic E-state index is 10.9. The lowest BCUT2D eigenvalue weighted by atomic mass is 9.97. The number of hydrogen-bond acceptors (Lipinski definition) is 7. The third-order valence-electron chi connectivity index (χ3n) is 4.22. The molecule has 6 nitrogen and oxygen atoms in total. The van der Waals surface area contributed by atoms with Gasteiger partial charge in [-0.05, 0) is 37.3 Å². The Morgan fingerprint density at radius 3 is 2.92 bits per heavy atom. The van der Waals surface area contributed by atoms with Crippen LogP contribution in [0.3, 0.4) is 0 Å². The molecule has 1 aromatic carbocycles. The molecule has 1 aliphatic rings. The molecule has 0 radical (unpaired) electrons. The molecule has 0 atom stereocenters. The first kappa shape index (κ1) is 16.0. The molecule has 0 saturated carbocycles. The van der Waals surface area contributed by atoms with Crippen molar-refractivity contribution in [2.75, 3.05) is 0 Å². The number of benzene rings is 1. The molecular formula is C17H12N4O2S2. The van der Waals surface area contributed by atoms with E-state index in [1.165, 1.54) is 47.2 Å². The molecule has 0 bridgehead atoms. The summed E-state index contributed by atoms with van der Waals surface area (Å²) in [7, 11) is 0. The number of thiophene rings is 1. The van der Waals surface area contributed by atoms with Gasteiger partial charge in [0.2, 0.25) is 0 Å². The smallest absolute Gasteiger partial charge is 0.258 e. The second-order valence-corrected chi connectivity index (χ2v) is 7.84. The van der Waals surface area contributed by atoms with Crippen LogP contribution in [0.1, 0.15) is 28.8 Å². The van der Waals surface area contributed by atoms with E-state index in [0.29, 0.717) is 4.90 Å². The van der Waals surface area contributed by atoms with Crippen LogP contribution in [-0.2, 0) is 12.8 Å². The van der Waals surface area contributed by atoms with Gasteiger partial charge in [0.25, 0.3) is 5.69 Å².